The summed E-state index contributed by atoms with van der Waals surface area (Å²) in [5.41, 5.74) is 11.6. The van der Waals surface area contributed by atoms with E-state index in [1.165, 1.54) is 44.5 Å². The number of anilines is 2. The third-order valence-electron chi connectivity index (χ3n) is 10.7. The summed E-state index contributed by atoms with van der Waals surface area (Å²) in [6.07, 6.45) is 1.67. The van der Waals surface area contributed by atoms with E-state index >= 15 is 0 Å². The van der Waals surface area contributed by atoms with Crippen molar-refractivity contribution in [1.29, 1.82) is 0 Å². The van der Waals surface area contributed by atoms with E-state index in [4.69, 9.17) is 4.65 Å². The maximum absolute atomic E-state index is 11.3. The minimum atomic E-state index is -1.03. The Morgan fingerprint density at radius 2 is 1.18 bits per heavy atom. The van der Waals surface area contributed by atoms with Crippen molar-refractivity contribution in [3.05, 3.63) is 101 Å². The van der Waals surface area contributed by atoms with E-state index in [0.29, 0.717) is 0 Å². The zero-order chi connectivity index (χ0) is 32.6. The van der Waals surface area contributed by atoms with Gasteiger partial charge in [0.1, 0.15) is 0 Å². The first-order valence-electron chi connectivity index (χ1n) is 16.5. The van der Waals surface area contributed by atoms with Gasteiger partial charge in [-0.05, 0) is 107 Å². The number of nitrogens with one attached hydrogen (secondary N) is 1. The van der Waals surface area contributed by atoms with E-state index < -0.39 is 11.2 Å². The molecule has 4 aromatic rings. The molecule has 0 bridgehead atoms. The maximum Gasteiger partial charge on any atom is 0.333 e. The van der Waals surface area contributed by atoms with Crippen molar-refractivity contribution >= 4 is 24.3 Å². The van der Waals surface area contributed by atoms with Gasteiger partial charge in [0.05, 0.1) is 11.2 Å². The van der Waals surface area contributed by atoms with Gasteiger partial charge in [-0.3, -0.25) is 0 Å². The van der Waals surface area contributed by atoms with Crippen LogP contribution < -0.4 is 10.8 Å². The average molecular weight is 599 g/mol. The Morgan fingerprint density at radius 1 is 0.644 bits per heavy atom. The van der Waals surface area contributed by atoms with Crippen molar-refractivity contribution in [2.45, 2.75) is 104 Å². The van der Waals surface area contributed by atoms with Crippen LogP contribution >= 0.6 is 0 Å². The Labute approximate surface area is 271 Å². The topological polar surface area (TPSA) is 41.5 Å². The van der Waals surface area contributed by atoms with Crippen molar-refractivity contribution in [3.63, 3.8) is 0 Å². The summed E-state index contributed by atoms with van der Waals surface area (Å²) < 4.78 is 6.69. The lowest BCUT2D eigenvalue weighted by Crippen LogP contribution is -2.52. The second kappa shape index (κ2) is 10.6. The van der Waals surface area contributed by atoms with Gasteiger partial charge in [-0.2, -0.15) is 0 Å². The molecular formula is C41H49BNO2. The molecule has 0 amide bonds. The molecule has 6 rings (SSSR count). The summed E-state index contributed by atoms with van der Waals surface area (Å²) in [5, 5.41) is 15.1. The lowest BCUT2D eigenvalue weighted by molar-refractivity contribution is -0.109. The van der Waals surface area contributed by atoms with Crippen molar-refractivity contribution in [2.24, 2.45) is 5.41 Å². The molecule has 0 fully saturated rings. The molecule has 1 radical (unpaired) electrons. The first kappa shape index (κ1) is 31.6. The molecule has 3 nitrogen and oxygen atoms in total. The van der Waals surface area contributed by atoms with Crippen LogP contribution in [0.3, 0.4) is 0 Å². The number of rotatable bonds is 8. The quantitative estimate of drug-likeness (QED) is 0.199. The van der Waals surface area contributed by atoms with Gasteiger partial charge in [-0.1, -0.05) is 109 Å². The van der Waals surface area contributed by atoms with Crippen LogP contribution in [0.25, 0.3) is 22.3 Å². The van der Waals surface area contributed by atoms with E-state index in [2.05, 4.69) is 133 Å². The van der Waals surface area contributed by atoms with E-state index in [1.54, 1.807) is 0 Å². The second-order valence-electron chi connectivity index (χ2n) is 16.3. The van der Waals surface area contributed by atoms with Gasteiger partial charge in [0.2, 0.25) is 0 Å². The van der Waals surface area contributed by atoms with Gasteiger partial charge in [-0.15, -0.1) is 0 Å². The summed E-state index contributed by atoms with van der Waals surface area (Å²) >= 11 is 0. The minimum Gasteiger partial charge on any atom is -0.426 e. The lowest BCUT2D eigenvalue weighted by atomic mass is 9.75. The molecule has 4 aromatic carbocycles. The molecule has 2 aliphatic carbocycles. The molecule has 0 heterocycles. The third-order valence-corrected chi connectivity index (χ3v) is 10.7. The smallest absolute Gasteiger partial charge is 0.333 e. The predicted octanol–water partition coefficient (Wildman–Crippen LogP) is 9.66. The van der Waals surface area contributed by atoms with E-state index in [9.17, 15) is 5.11 Å². The minimum absolute atomic E-state index is 0.0785. The summed E-state index contributed by atoms with van der Waals surface area (Å²) in [7, 11) is 1.88. The Balaban J connectivity index is 1.41. The van der Waals surface area contributed by atoms with Gasteiger partial charge >= 0.3 is 7.48 Å². The first-order valence-corrected chi connectivity index (χ1v) is 16.5. The fraction of sp³-hybridized carbons (Fsp3) is 0.415. The number of hydrogen-bond acceptors (Lipinski definition) is 3. The van der Waals surface area contributed by atoms with Crippen molar-refractivity contribution < 1.29 is 9.76 Å². The van der Waals surface area contributed by atoms with E-state index in [0.717, 1.165) is 29.7 Å². The Hall–Kier alpha value is -3.34. The third kappa shape index (κ3) is 5.44. The van der Waals surface area contributed by atoms with Crippen LogP contribution in [0.2, 0.25) is 0 Å². The molecule has 2 N–H and O–H groups in total. The first-order chi connectivity index (χ1) is 20.9. The Morgan fingerprint density at radius 3 is 1.76 bits per heavy atom. The molecule has 1 atom stereocenters. The summed E-state index contributed by atoms with van der Waals surface area (Å²) in [4.78, 5) is 0. The summed E-state index contributed by atoms with van der Waals surface area (Å²) in [5.74, 6) is 0. The van der Waals surface area contributed by atoms with Gasteiger partial charge < -0.3 is 15.1 Å². The molecule has 0 aromatic heterocycles. The molecule has 4 heteroatoms. The Bertz CT molecular complexity index is 1770. The molecule has 45 heavy (non-hydrogen) atoms. The second-order valence-corrected chi connectivity index (χ2v) is 16.3. The van der Waals surface area contributed by atoms with Crippen LogP contribution in [0.4, 0.5) is 11.4 Å². The van der Waals surface area contributed by atoms with Crippen molar-refractivity contribution in [3.8, 4) is 22.3 Å². The highest BCUT2D eigenvalue weighted by Gasteiger charge is 2.42. The fourth-order valence-electron chi connectivity index (χ4n) is 7.22. The number of benzene rings is 4. The van der Waals surface area contributed by atoms with Crippen LogP contribution in [-0.2, 0) is 15.5 Å². The van der Waals surface area contributed by atoms with Gasteiger partial charge in [0.15, 0.2) is 0 Å². The number of fused-ring (bicyclic) bond motifs is 6. The normalized spacial score (nSPS) is 17.1. The van der Waals surface area contributed by atoms with Crippen molar-refractivity contribution in [2.75, 3.05) is 5.32 Å². The predicted molar refractivity (Wildman–Crippen MR) is 191 cm³/mol. The SMILES string of the molecule is CC(C)(C)CCC(C)(O[B]c1cc2c(cc1Nc1ccc3c(c1)C(C)(C)c1ccccc1-3)C(C)(C)c1ccccc1-2)C(C)(C)O. The van der Waals surface area contributed by atoms with Gasteiger partial charge in [-0.25, -0.2) is 0 Å². The lowest BCUT2D eigenvalue weighted by Gasteiger charge is -2.42. The molecule has 1 unspecified atom stereocenters. The fourth-order valence-corrected chi connectivity index (χ4v) is 7.22. The zero-order valence-corrected chi connectivity index (χ0v) is 28.9. The van der Waals surface area contributed by atoms with Crippen LogP contribution in [0.15, 0.2) is 78.9 Å². The largest absolute Gasteiger partial charge is 0.426 e. The standard InChI is InChI=1S/C41H49BNO2/c1-37(2,3)21-22-41(10,40(8,9)44)45-42-35-24-30-28-16-12-14-18-32(28)39(6,7)34(30)25-36(35)43-26-19-20-29-27-15-11-13-17-31(27)38(4,5)33(29)23-26/h11-20,23-25,43-44H,21-22H2,1-10H3. The van der Waals surface area contributed by atoms with Crippen LogP contribution in [0.1, 0.15) is 104 Å². The highest BCUT2D eigenvalue weighted by Crippen LogP contribution is 2.51. The molecule has 0 saturated heterocycles. The van der Waals surface area contributed by atoms with E-state index in [1.807, 2.05) is 28.3 Å². The molecule has 0 aliphatic heterocycles. The molecule has 0 spiro atoms. The highest BCUT2D eigenvalue weighted by molar-refractivity contribution is 6.50. The van der Waals surface area contributed by atoms with Crippen molar-refractivity contribution in [1.82, 2.24) is 0 Å². The highest BCUT2D eigenvalue weighted by atomic mass is 16.5. The van der Waals surface area contributed by atoms with Gasteiger partial charge in [0, 0.05) is 22.2 Å². The molecule has 233 valence electrons. The monoisotopic (exact) mass is 598 g/mol. The van der Waals surface area contributed by atoms with Crippen LogP contribution in [0.5, 0.6) is 0 Å². The zero-order valence-electron chi connectivity index (χ0n) is 28.9. The molecular weight excluding hydrogens is 549 g/mol. The van der Waals surface area contributed by atoms with E-state index in [-0.39, 0.29) is 16.2 Å². The molecule has 2 aliphatic rings. The number of aliphatic hydroxyl groups is 1. The summed E-state index contributed by atoms with van der Waals surface area (Å²) in [6, 6.07) is 28.9. The maximum atomic E-state index is 11.3. The van der Waals surface area contributed by atoms with Gasteiger partial charge in [0.25, 0.3) is 0 Å². The Kier molecular flexibility index (Phi) is 7.46. The van der Waals surface area contributed by atoms with Crippen LogP contribution in [0, 0.1) is 5.41 Å². The summed E-state index contributed by atoms with van der Waals surface area (Å²) in [6.45, 7) is 21.7. The number of hydrogen-bond donors (Lipinski definition) is 2. The molecule has 0 saturated carbocycles. The van der Waals surface area contributed by atoms with Crippen LogP contribution in [-0.4, -0.2) is 23.8 Å². The average Bonchev–Trinajstić information content (AvgIpc) is 3.33.